The maximum absolute atomic E-state index is 13.6. The highest BCUT2D eigenvalue weighted by Crippen LogP contribution is 2.36. The van der Waals surface area contributed by atoms with Gasteiger partial charge in [-0.05, 0) is 44.3 Å². The molecule has 1 fully saturated rings. The number of allylic oxidation sites excluding steroid dienone is 4. The Bertz CT molecular complexity index is 347. The van der Waals surface area contributed by atoms with Crippen LogP contribution in [0.5, 0.6) is 0 Å². The lowest BCUT2D eigenvalue weighted by molar-refractivity contribution is 0.360. The maximum Gasteiger partial charge on any atom is 0.123 e. The van der Waals surface area contributed by atoms with Crippen LogP contribution in [0.3, 0.4) is 0 Å². The SMILES string of the molecule is C\C=C/N=C(N)\C=C(/C(F)=C\C)C1CCC1. The third kappa shape index (κ3) is 3.33. The van der Waals surface area contributed by atoms with Gasteiger partial charge in [0.2, 0.25) is 0 Å². The Hall–Kier alpha value is -1.38. The van der Waals surface area contributed by atoms with Crippen LogP contribution in [0.2, 0.25) is 0 Å². The minimum Gasteiger partial charge on any atom is -0.384 e. The molecule has 2 nitrogen and oxygen atoms in total. The highest BCUT2D eigenvalue weighted by atomic mass is 19.1. The molecule has 0 bridgehead atoms. The Balaban J connectivity index is 2.87. The fourth-order valence-electron chi connectivity index (χ4n) is 1.62. The zero-order valence-electron chi connectivity index (χ0n) is 9.91. The highest BCUT2D eigenvalue weighted by molar-refractivity contribution is 5.93. The molecular formula is C13H19FN2. The van der Waals surface area contributed by atoms with Crippen LogP contribution in [0.25, 0.3) is 0 Å². The van der Waals surface area contributed by atoms with Gasteiger partial charge in [-0.15, -0.1) is 0 Å². The van der Waals surface area contributed by atoms with E-state index in [0.717, 1.165) is 12.8 Å². The van der Waals surface area contributed by atoms with Gasteiger partial charge in [0, 0.05) is 6.20 Å². The lowest BCUT2D eigenvalue weighted by Gasteiger charge is -2.27. The summed E-state index contributed by atoms with van der Waals surface area (Å²) in [5.41, 5.74) is 6.39. The van der Waals surface area contributed by atoms with E-state index in [4.69, 9.17) is 5.73 Å². The molecule has 0 radical (unpaired) electrons. The number of amidine groups is 1. The smallest absolute Gasteiger partial charge is 0.123 e. The molecule has 0 heterocycles. The van der Waals surface area contributed by atoms with Crippen LogP contribution in [0, 0.1) is 5.92 Å². The largest absolute Gasteiger partial charge is 0.384 e. The first-order valence-corrected chi connectivity index (χ1v) is 5.67. The Morgan fingerprint density at radius 3 is 2.50 bits per heavy atom. The number of hydrogen-bond acceptors (Lipinski definition) is 1. The van der Waals surface area contributed by atoms with Crippen molar-refractivity contribution in [2.24, 2.45) is 16.6 Å². The number of rotatable bonds is 4. The average Bonchev–Trinajstić information content (AvgIpc) is 2.21. The van der Waals surface area contributed by atoms with Crippen LogP contribution in [0.15, 0.2) is 40.8 Å². The van der Waals surface area contributed by atoms with Crippen molar-refractivity contribution in [3.63, 3.8) is 0 Å². The average molecular weight is 222 g/mol. The quantitative estimate of drug-likeness (QED) is 0.441. The van der Waals surface area contributed by atoms with Gasteiger partial charge in [0.1, 0.15) is 11.7 Å². The molecular weight excluding hydrogens is 203 g/mol. The number of hydrogen-bond donors (Lipinski definition) is 1. The molecule has 88 valence electrons. The van der Waals surface area contributed by atoms with Gasteiger partial charge >= 0.3 is 0 Å². The first kappa shape index (κ1) is 12.7. The molecule has 1 saturated carbocycles. The van der Waals surface area contributed by atoms with Crippen molar-refractivity contribution in [2.45, 2.75) is 33.1 Å². The number of nitrogens with two attached hydrogens (primary N) is 1. The van der Waals surface area contributed by atoms with Crippen molar-refractivity contribution in [2.75, 3.05) is 0 Å². The molecule has 0 saturated heterocycles. The van der Waals surface area contributed by atoms with Gasteiger partial charge in [0.05, 0.1) is 0 Å². The van der Waals surface area contributed by atoms with Gasteiger partial charge in [0.15, 0.2) is 0 Å². The highest BCUT2D eigenvalue weighted by Gasteiger charge is 2.24. The maximum atomic E-state index is 13.6. The predicted octanol–water partition coefficient (Wildman–Crippen LogP) is 3.48. The van der Waals surface area contributed by atoms with Crippen molar-refractivity contribution < 1.29 is 4.39 Å². The van der Waals surface area contributed by atoms with Crippen LogP contribution >= 0.6 is 0 Å². The normalized spacial score (nSPS) is 20.3. The fraction of sp³-hybridized carbons (Fsp3) is 0.462. The topological polar surface area (TPSA) is 38.4 Å². The molecule has 1 aliphatic rings. The Kier molecular flexibility index (Phi) is 4.96. The molecule has 16 heavy (non-hydrogen) atoms. The van der Waals surface area contributed by atoms with Crippen molar-refractivity contribution >= 4 is 5.84 Å². The summed E-state index contributed by atoms with van der Waals surface area (Å²) in [5, 5.41) is 0. The molecule has 1 aliphatic carbocycles. The number of aliphatic imine (C=N–C) groups is 1. The third-order valence-electron chi connectivity index (χ3n) is 2.75. The minimum absolute atomic E-state index is 0.177. The first-order chi connectivity index (χ1) is 7.69. The number of nitrogens with zero attached hydrogens (tertiary/aromatic N) is 1. The number of halogens is 1. The van der Waals surface area contributed by atoms with Crippen LogP contribution < -0.4 is 5.73 Å². The lowest BCUT2D eigenvalue weighted by atomic mass is 9.79. The molecule has 0 amide bonds. The molecule has 2 N–H and O–H groups in total. The van der Waals surface area contributed by atoms with Crippen molar-refractivity contribution in [3.8, 4) is 0 Å². The van der Waals surface area contributed by atoms with E-state index in [1.165, 1.54) is 12.5 Å². The van der Waals surface area contributed by atoms with E-state index in [1.807, 2.05) is 6.92 Å². The van der Waals surface area contributed by atoms with E-state index in [0.29, 0.717) is 17.3 Å². The van der Waals surface area contributed by atoms with Gasteiger partial charge < -0.3 is 5.73 Å². The Morgan fingerprint density at radius 1 is 1.38 bits per heavy atom. The van der Waals surface area contributed by atoms with Gasteiger partial charge in [-0.2, -0.15) is 0 Å². The summed E-state index contributed by atoms with van der Waals surface area (Å²) in [5.74, 6) is 0.496. The zero-order chi connectivity index (χ0) is 12.0. The monoisotopic (exact) mass is 222 g/mol. The minimum atomic E-state index is -0.177. The van der Waals surface area contributed by atoms with Crippen molar-refractivity contribution in [3.05, 3.63) is 35.8 Å². The second-order valence-corrected chi connectivity index (χ2v) is 3.90. The van der Waals surface area contributed by atoms with Gasteiger partial charge in [0.25, 0.3) is 0 Å². The first-order valence-electron chi connectivity index (χ1n) is 5.67. The Labute approximate surface area is 96.4 Å². The van der Waals surface area contributed by atoms with E-state index >= 15 is 0 Å². The van der Waals surface area contributed by atoms with Gasteiger partial charge in [-0.3, -0.25) is 0 Å². The summed E-state index contributed by atoms with van der Waals surface area (Å²) < 4.78 is 13.6. The molecule has 0 aromatic carbocycles. The van der Waals surface area contributed by atoms with Crippen LogP contribution in [0.1, 0.15) is 33.1 Å². The predicted molar refractivity (Wildman–Crippen MR) is 66.7 cm³/mol. The summed E-state index contributed by atoms with van der Waals surface area (Å²) >= 11 is 0. The summed E-state index contributed by atoms with van der Waals surface area (Å²) in [6.07, 6.45) is 9.79. The van der Waals surface area contributed by atoms with E-state index in [1.54, 1.807) is 25.3 Å². The van der Waals surface area contributed by atoms with Crippen LogP contribution in [0.4, 0.5) is 4.39 Å². The molecule has 0 aromatic rings. The van der Waals surface area contributed by atoms with E-state index < -0.39 is 0 Å². The lowest BCUT2D eigenvalue weighted by Crippen LogP contribution is -2.17. The molecule has 0 aliphatic heterocycles. The molecule has 1 rings (SSSR count). The van der Waals surface area contributed by atoms with E-state index in [9.17, 15) is 4.39 Å². The molecule has 0 aromatic heterocycles. The van der Waals surface area contributed by atoms with Crippen molar-refractivity contribution in [1.82, 2.24) is 0 Å². The molecule has 0 spiro atoms. The van der Waals surface area contributed by atoms with Gasteiger partial charge in [-0.25, -0.2) is 9.38 Å². The molecule has 0 unspecified atom stereocenters. The van der Waals surface area contributed by atoms with Crippen LogP contribution in [-0.4, -0.2) is 5.84 Å². The van der Waals surface area contributed by atoms with Gasteiger partial charge in [-0.1, -0.05) is 18.6 Å². The fourth-order valence-corrected chi connectivity index (χ4v) is 1.62. The zero-order valence-corrected chi connectivity index (χ0v) is 9.91. The van der Waals surface area contributed by atoms with E-state index in [-0.39, 0.29) is 5.83 Å². The molecule has 3 heteroatoms. The molecule has 0 atom stereocenters. The summed E-state index contributed by atoms with van der Waals surface area (Å²) in [6, 6.07) is 0. The second-order valence-electron chi connectivity index (χ2n) is 3.90. The second kappa shape index (κ2) is 6.26. The summed E-state index contributed by atoms with van der Waals surface area (Å²) in [6.45, 7) is 3.56. The van der Waals surface area contributed by atoms with Crippen molar-refractivity contribution in [1.29, 1.82) is 0 Å². The van der Waals surface area contributed by atoms with Crippen LogP contribution in [-0.2, 0) is 0 Å². The standard InChI is InChI=1S/C13H19FN2/c1-3-8-16-13(15)9-11(12(14)4-2)10-6-5-7-10/h3-4,8-10H,5-7H2,1-2H3,(H2,15,16)/b8-3-,11-9-,12-4+. The summed E-state index contributed by atoms with van der Waals surface area (Å²) in [4.78, 5) is 3.98. The summed E-state index contributed by atoms with van der Waals surface area (Å²) in [7, 11) is 0. The Morgan fingerprint density at radius 2 is 2.06 bits per heavy atom. The third-order valence-corrected chi connectivity index (χ3v) is 2.75. The van der Waals surface area contributed by atoms with E-state index in [2.05, 4.69) is 4.99 Å².